The lowest BCUT2D eigenvalue weighted by atomic mass is 10.2. The highest BCUT2D eigenvalue weighted by molar-refractivity contribution is 6.01. The van der Waals surface area contributed by atoms with Crippen molar-refractivity contribution in [3.63, 3.8) is 0 Å². The number of ether oxygens (including phenoxy) is 1. The van der Waals surface area contributed by atoms with Gasteiger partial charge in [-0.3, -0.25) is 19.6 Å². The Kier molecular flexibility index (Phi) is 5.93. The van der Waals surface area contributed by atoms with Crippen molar-refractivity contribution in [2.45, 2.75) is 13.2 Å². The van der Waals surface area contributed by atoms with Gasteiger partial charge in [0, 0.05) is 18.3 Å². The lowest BCUT2D eigenvalue weighted by Gasteiger charge is -2.04. The number of hydrogen-bond acceptors (Lipinski definition) is 6. The number of hydrogen-bond donors (Lipinski definition) is 1. The number of nitro benzene ring substituents is 1. The average Bonchev–Trinajstić information content (AvgIpc) is 3.42. The fourth-order valence-corrected chi connectivity index (χ4v) is 2.97. The summed E-state index contributed by atoms with van der Waals surface area (Å²) in [6.45, 7) is 0.266. The topological polar surface area (TPSA) is 112 Å². The minimum atomic E-state index is -0.538. The van der Waals surface area contributed by atoms with Gasteiger partial charge in [-0.2, -0.15) is 5.10 Å². The number of para-hydroxylation sites is 2. The van der Waals surface area contributed by atoms with Gasteiger partial charge in [0.15, 0.2) is 17.3 Å². The van der Waals surface area contributed by atoms with Gasteiger partial charge < -0.3 is 14.5 Å². The first kappa shape index (κ1) is 20.8. The fourth-order valence-electron chi connectivity index (χ4n) is 2.97. The third-order valence-electron chi connectivity index (χ3n) is 4.43. The van der Waals surface area contributed by atoms with Crippen LogP contribution in [0.4, 0.5) is 15.9 Å². The fraction of sp³-hybridized carbons (Fsp3) is 0.0909. The summed E-state index contributed by atoms with van der Waals surface area (Å²) in [7, 11) is 0. The molecule has 0 aliphatic rings. The lowest BCUT2D eigenvalue weighted by Crippen LogP contribution is -2.12. The van der Waals surface area contributed by atoms with Gasteiger partial charge in [-0.05, 0) is 35.9 Å². The molecular weight excluding hydrogens is 419 g/mol. The van der Waals surface area contributed by atoms with Gasteiger partial charge >= 0.3 is 5.69 Å². The number of aromatic nitrogens is 2. The van der Waals surface area contributed by atoms with Crippen molar-refractivity contribution in [1.29, 1.82) is 0 Å². The Morgan fingerprint density at radius 2 is 2.00 bits per heavy atom. The van der Waals surface area contributed by atoms with Crippen molar-refractivity contribution >= 4 is 17.4 Å². The van der Waals surface area contributed by atoms with Crippen LogP contribution in [-0.4, -0.2) is 20.6 Å². The van der Waals surface area contributed by atoms with E-state index in [0.29, 0.717) is 18.1 Å². The molecule has 10 heteroatoms. The van der Waals surface area contributed by atoms with Gasteiger partial charge in [0.2, 0.25) is 0 Å². The number of benzene rings is 2. The Balaban J connectivity index is 1.35. The van der Waals surface area contributed by atoms with E-state index in [1.807, 2.05) is 0 Å². The van der Waals surface area contributed by atoms with E-state index >= 15 is 0 Å². The highest BCUT2D eigenvalue weighted by Crippen LogP contribution is 2.27. The molecule has 162 valence electrons. The number of furan rings is 1. The molecule has 0 saturated carbocycles. The number of nitrogens with zero attached hydrogens (tertiary/aromatic N) is 3. The maximum Gasteiger partial charge on any atom is 0.310 e. The summed E-state index contributed by atoms with van der Waals surface area (Å²) < 4.78 is 25.8. The first-order valence-corrected chi connectivity index (χ1v) is 9.52. The van der Waals surface area contributed by atoms with Gasteiger partial charge in [0.25, 0.3) is 5.91 Å². The second kappa shape index (κ2) is 9.13. The van der Waals surface area contributed by atoms with Crippen molar-refractivity contribution in [3.05, 3.63) is 106 Å². The predicted molar refractivity (Wildman–Crippen MR) is 112 cm³/mol. The maximum absolute atomic E-state index is 13.3. The van der Waals surface area contributed by atoms with Gasteiger partial charge in [0.05, 0.1) is 11.5 Å². The largest absolute Gasteiger partial charge is 0.479 e. The molecule has 0 atom stereocenters. The van der Waals surface area contributed by atoms with Crippen molar-refractivity contribution in [1.82, 2.24) is 9.78 Å². The van der Waals surface area contributed by atoms with Crippen molar-refractivity contribution in [2.75, 3.05) is 5.32 Å². The minimum Gasteiger partial charge on any atom is -0.479 e. The second-order valence-electron chi connectivity index (χ2n) is 6.76. The second-order valence-corrected chi connectivity index (χ2v) is 6.76. The summed E-state index contributed by atoms with van der Waals surface area (Å²) >= 11 is 0. The van der Waals surface area contributed by atoms with E-state index in [0.717, 1.165) is 5.56 Å². The first-order valence-electron chi connectivity index (χ1n) is 9.52. The molecule has 0 bridgehead atoms. The molecule has 0 saturated heterocycles. The number of carbonyl (C=O) groups is 1. The highest BCUT2D eigenvalue weighted by Gasteiger charge is 2.16. The molecular formula is C22H17FN4O5. The number of halogens is 1. The standard InChI is InChI=1S/C22H17FN4O5/c23-16-5-3-4-15(12-16)13-26-11-10-21(25-26)24-22(28)20-9-8-17(32-20)14-31-19-7-2-1-6-18(19)27(29)30/h1-12H,13-14H2,(H,24,25,28). The molecule has 0 aliphatic heterocycles. The normalized spacial score (nSPS) is 10.7. The smallest absolute Gasteiger partial charge is 0.310 e. The molecule has 4 aromatic rings. The summed E-state index contributed by atoms with van der Waals surface area (Å²) in [6, 6.07) is 16.8. The van der Waals surface area contributed by atoms with Crippen molar-refractivity contribution < 1.29 is 23.3 Å². The van der Waals surface area contributed by atoms with Crippen LogP contribution in [0.15, 0.2) is 77.3 Å². The van der Waals surface area contributed by atoms with Crippen LogP contribution in [0.3, 0.4) is 0 Å². The SMILES string of the molecule is O=C(Nc1ccn(Cc2cccc(F)c2)n1)c1ccc(COc2ccccc2[N+](=O)[O-])o1. The lowest BCUT2D eigenvalue weighted by molar-refractivity contribution is -0.386. The molecule has 0 radical (unpaired) electrons. The van der Waals surface area contributed by atoms with Crippen LogP contribution in [0.25, 0.3) is 0 Å². The van der Waals surface area contributed by atoms with Gasteiger partial charge in [-0.1, -0.05) is 24.3 Å². The number of anilines is 1. The first-order chi connectivity index (χ1) is 15.5. The van der Waals surface area contributed by atoms with E-state index in [2.05, 4.69) is 10.4 Å². The number of nitrogens with one attached hydrogen (secondary N) is 1. The Morgan fingerprint density at radius 3 is 2.81 bits per heavy atom. The molecule has 2 aromatic heterocycles. The average molecular weight is 436 g/mol. The summed E-state index contributed by atoms with van der Waals surface area (Å²) in [4.78, 5) is 22.9. The van der Waals surface area contributed by atoms with Crippen LogP contribution in [-0.2, 0) is 13.2 Å². The Hall–Kier alpha value is -4.47. The zero-order valence-electron chi connectivity index (χ0n) is 16.6. The summed E-state index contributed by atoms with van der Waals surface area (Å²) in [5.74, 6) is -0.0827. The molecule has 1 amide bonds. The Labute approximate surface area is 181 Å². The number of amides is 1. The molecule has 32 heavy (non-hydrogen) atoms. The van der Waals surface area contributed by atoms with Gasteiger partial charge in [-0.15, -0.1) is 0 Å². The zero-order chi connectivity index (χ0) is 22.5. The van der Waals surface area contributed by atoms with Crippen LogP contribution in [0.5, 0.6) is 5.75 Å². The number of rotatable bonds is 8. The van der Waals surface area contributed by atoms with E-state index in [1.54, 1.807) is 47.3 Å². The van der Waals surface area contributed by atoms with E-state index in [9.17, 15) is 19.3 Å². The van der Waals surface area contributed by atoms with Gasteiger partial charge in [-0.25, -0.2) is 4.39 Å². The molecule has 0 aliphatic carbocycles. The van der Waals surface area contributed by atoms with Crippen molar-refractivity contribution in [3.8, 4) is 5.75 Å². The van der Waals surface area contributed by atoms with E-state index in [1.165, 1.54) is 30.3 Å². The molecule has 2 aromatic carbocycles. The van der Waals surface area contributed by atoms with E-state index < -0.39 is 10.8 Å². The molecule has 0 fully saturated rings. The third kappa shape index (κ3) is 4.98. The molecule has 2 heterocycles. The molecule has 9 nitrogen and oxygen atoms in total. The Bertz CT molecular complexity index is 1270. The van der Waals surface area contributed by atoms with Crippen LogP contribution >= 0.6 is 0 Å². The third-order valence-corrected chi connectivity index (χ3v) is 4.43. The summed E-state index contributed by atoms with van der Waals surface area (Å²) in [5.41, 5.74) is 0.575. The van der Waals surface area contributed by atoms with Crippen LogP contribution in [0.1, 0.15) is 21.9 Å². The van der Waals surface area contributed by atoms with Crippen LogP contribution in [0, 0.1) is 15.9 Å². The minimum absolute atomic E-state index is 0.0332. The molecule has 0 unspecified atom stereocenters. The van der Waals surface area contributed by atoms with E-state index in [-0.39, 0.29) is 29.6 Å². The number of carbonyl (C=O) groups excluding carboxylic acids is 1. The van der Waals surface area contributed by atoms with E-state index in [4.69, 9.17) is 9.15 Å². The Morgan fingerprint density at radius 1 is 1.16 bits per heavy atom. The quantitative estimate of drug-likeness (QED) is 0.324. The van der Waals surface area contributed by atoms with Crippen LogP contribution < -0.4 is 10.1 Å². The van der Waals surface area contributed by atoms with Crippen molar-refractivity contribution in [2.24, 2.45) is 0 Å². The monoisotopic (exact) mass is 436 g/mol. The maximum atomic E-state index is 13.3. The summed E-state index contributed by atoms with van der Waals surface area (Å²) in [6.07, 6.45) is 1.66. The number of nitro groups is 1. The van der Waals surface area contributed by atoms with Crippen LogP contribution in [0.2, 0.25) is 0 Å². The predicted octanol–water partition coefficient (Wildman–Crippen LogP) is 4.40. The molecule has 0 spiro atoms. The summed E-state index contributed by atoms with van der Waals surface area (Å²) in [5, 5.41) is 17.9. The zero-order valence-corrected chi connectivity index (χ0v) is 16.6. The van der Waals surface area contributed by atoms with Gasteiger partial charge in [0.1, 0.15) is 18.2 Å². The molecule has 1 N–H and O–H groups in total. The highest BCUT2D eigenvalue weighted by atomic mass is 19.1. The molecule has 4 rings (SSSR count).